The summed E-state index contributed by atoms with van der Waals surface area (Å²) in [6.07, 6.45) is 0.397. The monoisotopic (exact) mass is 325 g/mol. The number of benzene rings is 2. The van der Waals surface area contributed by atoms with Crippen LogP contribution in [-0.2, 0) is 16.0 Å². The molecule has 0 saturated carbocycles. The minimum atomic E-state index is -0.965. The van der Waals surface area contributed by atoms with Crippen molar-refractivity contribution in [2.75, 3.05) is 5.32 Å². The van der Waals surface area contributed by atoms with E-state index in [2.05, 4.69) is 11.4 Å². The van der Waals surface area contributed by atoms with Crippen LogP contribution in [0.3, 0.4) is 0 Å². The lowest BCUT2D eigenvalue weighted by Gasteiger charge is -2.21. The van der Waals surface area contributed by atoms with Gasteiger partial charge in [-0.3, -0.25) is 9.59 Å². The molecule has 0 aliphatic heterocycles. The molecule has 2 rings (SSSR count). The lowest BCUT2D eigenvalue weighted by Crippen LogP contribution is -2.33. The molecule has 0 radical (unpaired) electrons. The second-order valence-corrected chi connectivity index (χ2v) is 6.29. The molecule has 2 atom stereocenters. The van der Waals surface area contributed by atoms with E-state index >= 15 is 0 Å². The van der Waals surface area contributed by atoms with Crippen LogP contribution in [0.4, 0.5) is 5.69 Å². The van der Waals surface area contributed by atoms with Crippen LogP contribution >= 0.6 is 0 Å². The second-order valence-electron chi connectivity index (χ2n) is 6.29. The van der Waals surface area contributed by atoms with Crippen molar-refractivity contribution in [3.05, 3.63) is 65.2 Å². The van der Waals surface area contributed by atoms with Gasteiger partial charge >= 0.3 is 5.97 Å². The Bertz CT molecular complexity index is 705. The van der Waals surface area contributed by atoms with E-state index in [-0.39, 0.29) is 5.91 Å². The van der Waals surface area contributed by atoms with E-state index in [9.17, 15) is 14.7 Å². The molecule has 0 aliphatic rings. The molecule has 2 unspecified atom stereocenters. The van der Waals surface area contributed by atoms with Gasteiger partial charge in [0, 0.05) is 5.69 Å². The van der Waals surface area contributed by atoms with E-state index < -0.39 is 17.8 Å². The summed E-state index contributed by atoms with van der Waals surface area (Å²) in [7, 11) is 0. The Morgan fingerprint density at radius 3 is 2.17 bits per heavy atom. The Morgan fingerprint density at radius 2 is 1.62 bits per heavy atom. The first-order valence-electron chi connectivity index (χ1n) is 8.02. The van der Waals surface area contributed by atoms with Crippen LogP contribution in [-0.4, -0.2) is 17.0 Å². The van der Waals surface area contributed by atoms with Crippen LogP contribution in [0.1, 0.15) is 23.6 Å². The standard InChI is InChI=1S/C20H23NO3/c1-13-9-14(2)11-16(10-13)12-18(15(3)20(23)24)19(22)21-17-7-5-4-6-8-17/h4-11,15,18H,12H2,1-3H3,(H,21,22)(H,23,24). The van der Waals surface area contributed by atoms with E-state index in [1.54, 1.807) is 19.1 Å². The van der Waals surface area contributed by atoms with Crippen molar-refractivity contribution in [2.45, 2.75) is 27.2 Å². The molecule has 4 heteroatoms. The molecule has 2 N–H and O–H groups in total. The minimum absolute atomic E-state index is 0.268. The van der Waals surface area contributed by atoms with Crippen LogP contribution < -0.4 is 5.32 Å². The Hall–Kier alpha value is -2.62. The van der Waals surface area contributed by atoms with E-state index in [0.717, 1.165) is 16.7 Å². The lowest BCUT2D eigenvalue weighted by atomic mass is 9.86. The Balaban J connectivity index is 2.24. The molecule has 1 amide bonds. The zero-order valence-corrected chi connectivity index (χ0v) is 14.2. The summed E-state index contributed by atoms with van der Waals surface area (Å²) in [5.74, 6) is -2.64. The first kappa shape index (κ1) is 17.7. The highest BCUT2D eigenvalue weighted by molar-refractivity contribution is 5.95. The number of hydrogen-bond donors (Lipinski definition) is 2. The predicted molar refractivity (Wildman–Crippen MR) is 95.0 cm³/mol. The summed E-state index contributed by atoms with van der Waals surface area (Å²) in [6.45, 7) is 5.58. The van der Waals surface area contributed by atoms with Crippen LogP contribution in [0.2, 0.25) is 0 Å². The fourth-order valence-electron chi connectivity index (χ4n) is 2.87. The second kappa shape index (κ2) is 7.77. The molecular formula is C20H23NO3. The zero-order valence-electron chi connectivity index (χ0n) is 14.2. The van der Waals surface area contributed by atoms with Gasteiger partial charge in [0.15, 0.2) is 0 Å². The average Bonchev–Trinajstić information content (AvgIpc) is 2.51. The van der Waals surface area contributed by atoms with Gasteiger partial charge in [0.05, 0.1) is 11.8 Å². The molecule has 0 heterocycles. The lowest BCUT2D eigenvalue weighted by molar-refractivity contribution is -0.145. The molecule has 24 heavy (non-hydrogen) atoms. The summed E-state index contributed by atoms with van der Waals surface area (Å²) < 4.78 is 0. The van der Waals surface area contributed by atoms with Crippen molar-refractivity contribution in [2.24, 2.45) is 11.8 Å². The Morgan fingerprint density at radius 1 is 1.04 bits per heavy atom. The van der Waals surface area contributed by atoms with E-state index in [1.807, 2.05) is 44.2 Å². The minimum Gasteiger partial charge on any atom is -0.481 e. The largest absolute Gasteiger partial charge is 0.481 e. The summed E-state index contributed by atoms with van der Waals surface area (Å²) in [6, 6.07) is 15.2. The first-order chi connectivity index (χ1) is 11.4. The number of carboxylic acid groups (broad SMARTS) is 1. The number of carbonyl (C=O) groups is 2. The van der Waals surface area contributed by atoms with Gasteiger partial charge in [-0.15, -0.1) is 0 Å². The van der Waals surface area contributed by atoms with Gasteiger partial charge in [-0.1, -0.05) is 54.4 Å². The first-order valence-corrected chi connectivity index (χ1v) is 8.02. The molecule has 0 fully saturated rings. The van der Waals surface area contributed by atoms with Crippen molar-refractivity contribution < 1.29 is 14.7 Å². The van der Waals surface area contributed by atoms with Crippen molar-refractivity contribution in [3.63, 3.8) is 0 Å². The third-order valence-corrected chi connectivity index (χ3v) is 4.11. The molecule has 2 aromatic carbocycles. The number of carbonyl (C=O) groups excluding carboxylic acids is 1. The fraction of sp³-hybridized carbons (Fsp3) is 0.300. The number of aryl methyl sites for hydroxylation is 2. The quantitative estimate of drug-likeness (QED) is 0.848. The van der Waals surface area contributed by atoms with E-state index in [4.69, 9.17) is 0 Å². The van der Waals surface area contributed by atoms with Gasteiger partial charge in [0.25, 0.3) is 0 Å². The van der Waals surface area contributed by atoms with Gasteiger partial charge in [0.1, 0.15) is 0 Å². The molecule has 0 aliphatic carbocycles. The normalized spacial score (nSPS) is 13.1. The highest BCUT2D eigenvalue weighted by Gasteiger charge is 2.30. The van der Waals surface area contributed by atoms with Gasteiger partial charge in [-0.25, -0.2) is 0 Å². The summed E-state index contributed by atoms with van der Waals surface area (Å²) in [5, 5.41) is 12.2. The van der Waals surface area contributed by atoms with E-state index in [0.29, 0.717) is 12.1 Å². The van der Waals surface area contributed by atoms with Gasteiger partial charge in [-0.2, -0.15) is 0 Å². The summed E-state index contributed by atoms with van der Waals surface area (Å²) in [5.41, 5.74) is 3.87. The third kappa shape index (κ3) is 4.69. The molecular weight excluding hydrogens is 302 g/mol. The molecule has 0 aromatic heterocycles. The Kier molecular flexibility index (Phi) is 5.74. The maximum Gasteiger partial charge on any atom is 0.307 e. The molecule has 0 saturated heterocycles. The maximum atomic E-state index is 12.7. The molecule has 126 valence electrons. The number of amides is 1. The fourth-order valence-corrected chi connectivity index (χ4v) is 2.87. The average molecular weight is 325 g/mol. The van der Waals surface area contributed by atoms with Crippen LogP contribution in [0.15, 0.2) is 48.5 Å². The van der Waals surface area contributed by atoms with E-state index in [1.165, 1.54) is 0 Å². The molecule has 2 aromatic rings. The molecule has 4 nitrogen and oxygen atoms in total. The predicted octanol–water partition coefficient (Wildman–Crippen LogP) is 3.82. The number of rotatable bonds is 6. The van der Waals surface area contributed by atoms with Crippen molar-refractivity contribution in [1.29, 1.82) is 0 Å². The zero-order chi connectivity index (χ0) is 17.7. The number of anilines is 1. The third-order valence-electron chi connectivity index (χ3n) is 4.11. The topological polar surface area (TPSA) is 66.4 Å². The number of aliphatic carboxylic acids is 1. The molecule has 0 spiro atoms. The smallest absolute Gasteiger partial charge is 0.307 e. The van der Waals surface area contributed by atoms with Gasteiger partial charge < -0.3 is 10.4 Å². The summed E-state index contributed by atoms with van der Waals surface area (Å²) >= 11 is 0. The highest BCUT2D eigenvalue weighted by atomic mass is 16.4. The van der Waals surface area contributed by atoms with Gasteiger partial charge in [-0.05, 0) is 38.0 Å². The number of carboxylic acids is 1. The van der Waals surface area contributed by atoms with Crippen LogP contribution in [0.25, 0.3) is 0 Å². The van der Waals surface area contributed by atoms with Crippen molar-refractivity contribution in [1.82, 2.24) is 0 Å². The SMILES string of the molecule is Cc1cc(C)cc(CC(C(=O)Nc2ccccc2)C(C)C(=O)O)c1. The van der Waals surface area contributed by atoms with Crippen LogP contribution in [0, 0.1) is 25.7 Å². The molecule has 0 bridgehead atoms. The van der Waals surface area contributed by atoms with Crippen molar-refractivity contribution in [3.8, 4) is 0 Å². The van der Waals surface area contributed by atoms with Crippen molar-refractivity contribution >= 4 is 17.6 Å². The van der Waals surface area contributed by atoms with Gasteiger partial charge in [0.2, 0.25) is 5.91 Å². The number of nitrogens with one attached hydrogen (secondary N) is 1. The number of para-hydroxylation sites is 1. The highest BCUT2D eigenvalue weighted by Crippen LogP contribution is 2.22. The van der Waals surface area contributed by atoms with Crippen LogP contribution in [0.5, 0.6) is 0 Å². The summed E-state index contributed by atoms with van der Waals surface area (Å²) in [4.78, 5) is 24.1. The maximum absolute atomic E-state index is 12.7. The number of hydrogen-bond acceptors (Lipinski definition) is 2. The Labute approximate surface area is 142 Å².